The molecule has 0 radical (unpaired) electrons. The zero-order valence-electron chi connectivity index (χ0n) is 12.8. The minimum atomic E-state index is -3.38. The molecule has 3 aromatic rings. The van der Waals surface area contributed by atoms with Gasteiger partial charge in [-0.05, 0) is 30.3 Å². The molecule has 0 unspecified atom stereocenters. The van der Waals surface area contributed by atoms with Gasteiger partial charge in [0.2, 0.25) is 0 Å². The summed E-state index contributed by atoms with van der Waals surface area (Å²) in [4.78, 5) is 18.1. The Bertz CT molecular complexity index is 1010. The monoisotopic (exact) mass is 351 g/mol. The van der Waals surface area contributed by atoms with Crippen LogP contribution in [0.15, 0.2) is 33.7 Å². The maximum atomic E-state index is 11.8. The van der Waals surface area contributed by atoms with E-state index in [1.54, 1.807) is 13.0 Å². The highest BCUT2D eigenvalue weighted by Crippen LogP contribution is 2.16. The van der Waals surface area contributed by atoms with Gasteiger partial charge >= 0.3 is 0 Å². The summed E-state index contributed by atoms with van der Waals surface area (Å²) < 4.78 is 28.0. The number of carbonyl (C=O) groups excluding carboxylic acids is 1. The van der Waals surface area contributed by atoms with E-state index in [0.29, 0.717) is 16.8 Å². The number of aryl methyl sites for hydroxylation is 1. The highest BCUT2D eigenvalue weighted by atomic mass is 32.2. The molecule has 0 bridgehead atoms. The Kier molecular flexibility index (Phi) is 3.93. The Balaban J connectivity index is 1.74. The van der Waals surface area contributed by atoms with E-state index >= 15 is 0 Å². The summed E-state index contributed by atoms with van der Waals surface area (Å²) in [6.45, 7) is 1.33. The average molecular weight is 351 g/mol. The van der Waals surface area contributed by atoms with Gasteiger partial charge in [-0.15, -0.1) is 5.10 Å². The Labute approximate surface area is 136 Å². The Morgan fingerprint density at radius 2 is 2.17 bits per heavy atom. The predicted octanol–water partition coefficient (Wildman–Crippen LogP) is 0.199. The lowest BCUT2D eigenvalue weighted by Gasteiger charge is -2.05. The summed E-state index contributed by atoms with van der Waals surface area (Å²) in [6, 6.07) is 5.87. The molecule has 2 heterocycles. The van der Waals surface area contributed by atoms with Gasteiger partial charge in [0.15, 0.2) is 22.3 Å². The summed E-state index contributed by atoms with van der Waals surface area (Å²) in [7, 11) is -3.38. The van der Waals surface area contributed by atoms with Crippen LogP contribution in [0.4, 0.5) is 5.82 Å². The van der Waals surface area contributed by atoms with E-state index in [9.17, 15) is 13.2 Å². The van der Waals surface area contributed by atoms with E-state index in [1.165, 1.54) is 18.2 Å². The van der Waals surface area contributed by atoms with Gasteiger partial charge in [-0.25, -0.2) is 8.42 Å². The van der Waals surface area contributed by atoms with Crippen molar-refractivity contribution in [3.05, 3.63) is 30.0 Å². The molecule has 3 rings (SSSR count). The van der Waals surface area contributed by atoms with Crippen LogP contribution in [0.25, 0.3) is 11.0 Å². The number of hydrogen-bond donors (Lipinski definition) is 1. The summed E-state index contributed by atoms with van der Waals surface area (Å²) in [5.74, 6) is 0.344. The lowest BCUT2D eigenvalue weighted by atomic mass is 10.3. The van der Waals surface area contributed by atoms with Crippen LogP contribution in [0.3, 0.4) is 0 Å². The van der Waals surface area contributed by atoms with Crippen LogP contribution in [-0.2, 0) is 14.6 Å². The Hall–Kier alpha value is -2.95. The van der Waals surface area contributed by atoms with Crippen molar-refractivity contribution >= 4 is 32.6 Å². The first kappa shape index (κ1) is 15.9. The summed E-state index contributed by atoms with van der Waals surface area (Å²) in [5, 5.41) is 13.7. The lowest BCUT2D eigenvalue weighted by Crippen LogP contribution is -2.26. The highest BCUT2D eigenvalue weighted by molar-refractivity contribution is 7.90. The fraction of sp³-hybridized carbons (Fsp3) is 0.231. The normalized spacial score (nSPS) is 11.6. The van der Waals surface area contributed by atoms with Gasteiger partial charge in [-0.1, -0.05) is 10.0 Å². The number of nitrogens with zero attached hydrogens (tertiary/aromatic N) is 4. The topological polar surface area (TPSA) is 129 Å². The Morgan fingerprint density at radius 1 is 1.38 bits per heavy atom. The van der Waals surface area contributed by atoms with Crippen molar-refractivity contribution < 1.29 is 22.6 Å². The smallest absolute Gasteiger partial charge is 0.266 e. The molecular weight excluding hydrogens is 338 g/mol. The standard InChI is InChI=1S/C13H13N5O5S/c1-8-5-12(16-23-8)14-13(19)7-22-18-11-6-9(24(2,20)21)3-4-10(11)15-17-18/h3-6H,7H2,1-2H3,(H,14,16,19). The molecule has 1 aromatic carbocycles. The first-order valence-corrected chi connectivity index (χ1v) is 8.64. The Morgan fingerprint density at radius 3 is 2.83 bits per heavy atom. The number of fused-ring (bicyclic) bond motifs is 1. The van der Waals surface area contributed by atoms with E-state index in [-0.39, 0.29) is 17.3 Å². The van der Waals surface area contributed by atoms with Crippen LogP contribution in [0.5, 0.6) is 0 Å². The highest BCUT2D eigenvalue weighted by Gasteiger charge is 2.13. The SMILES string of the molecule is Cc1cc(NC(=O)COn2nnc3ccc(S(C)(=O)=O)cc32)no1. The first-order valence-electron chi connectivity index (χ1n) is 6.75. The number of anilines is 1. The largest absolute Gasteiger partial charge is 0.385 e. The molecule has 2 aromatic heterocycles. The molecule has 1 amide bonds. The molecule has 1 N–H and O–H groups in total. The molecule has 0 atom stereocenters. The van der Waals surface area contributed by atoms with Gasteiger partial charge in [-0.3, -0.25) is 4.79 Å². The van der Waals surface area contributed by atoms with E-state index in [4.69, 9.17) is 9.36 Å². The van der Waals surface area contributed by atoms with Gasteiger partial charge in [0.1, 0.15) is 16.8 Å². The van der Waals surface area contributed by atoms with Crippen molar-refractivity contribution in [1.82, 2.24) is 20.3 Å². The molecule has 11 heteroatoms. The summed E-state index contributed by atoms with van der Waals surface area (Å²) in [5.41, 5.74) is 0.776. The van der Waals surface area contributed by atoms with Crippen molar-refractivity contribution in [3.8, 4) is 0 Å². The number of sulfone groups is 1. The molecule has 0 fully saturated rings. The van der Waals surface area contributed by atoms with Crippen LogP contribution in [0, 0.1) is 6.92 Å². The zero-order valence-corrected chi connectivity index (χ0v) is 13.6. The van der Waals surface area contributed by atoms with Crippen LogP contribution in [0.1, 0.15) is 5.76 Å². The second-order valence-corrected chi connectivity index (χ2v) is 7.05. The van der Waals surface area contributed by atoms with Crippen LogP contribution >= 0.6 is 0 Å². The molecule has 126 valence electrons. The number of carbonyl (C=O) groups is 1. The molecule has 0 spiro atoms. The number of benzene rings is 1. The summed E-state index contributed by atoms with van der Waals surface area (Å²) >= 11 is 0. The summed E-state index contributed by atoms with van der Waals surface area (Å²) in [6.07, 6.45) is 1.09. The zero-order chi connectivity index (χ0) is 17.3. The predicted molar refractivity (Wildman–Crippen MR) is 82.0 cm³/mol. The quantitative estimate of drug-likeness (QED) is 0.690. The lowest BCUT2D eigenvalue weighted by molar-refractivity contribution is -0.121. The van der Waals surface area contributed by atoms with E-state index < -0.39 is 15.7 Å². The van der Waals surface area contributed by atoms with Gasteiger partial charge in [-0.2, -0.15) is 0 Å². The fourth-order valence-electron chi connectivity index (χ4n) is 1.93. The third kappa shape index (κ3) is 3.35. The van der Waals surface area contributed by atoms with Crippen molar-refractivity contribution in [3.63, 3.8) is 0 Å². The van der Waals surface area contributed by atoms with Gasteiger partial charge in [0.25, 0.3) is 5.91 Å². The maximum absolute atomic E-state index is 11.8. The number of amides is 1. The molecule has 0 aliphatic heterocycles. The second kappa shape index (κ2) is 5.92. The van der Waals surface area contributed by atoms with Crippen molar-refractivity contribution in [2.75, 3.05) is 18.2 Å². The third-order valence-corrected chi connectivity index (χ3v) is 4.14. The van der Waals surface area contributed by atoms with Crippen molar-refractivity contribution in [2.24, 2.45) is 0 Å². The van der Waals surface area contributed by atoms with E-state index in [1.807, 2.05) is 0 Å². The molecule has 0 saturated heterocycles. The van der Waals surface area contributed by atoms with E-state index in [2.05, 4.69) is 20.8 Å². The number of hydrogen-bond acceptors (Lipinski definition) is 8. The van der Waals surface area contributed by atoms with Gasteiger partial charge in [0.05, 0.1) is 4.90 Å². The van der Waals surface area contributed by atoms with Crippen molar-refractivity contribution in [1.29, 1.82) is 0 Å². The molecule has 0 saturated carbocycles. The minimum Gasteiger partial charge on any atom is -0.385 e. The fourth-order valence-corrected chi connectivity index (χ4v) is 2.57. The van der Waals surface area contributed by atoms with Crippen molar-refractivity contribution in [2.45, 2.75) is 11.8 Å². The number of aromatic nitrogens is 4. The molecule has 10 nitrogen and oxygen atoms in total. The maximum Gasteiger partial charge on any atom is 0.266 e. The second-order valence-electron chi connectivity index (χ2n) is 5.03. The molecule has 24 heavy (non-hydrogen) atoms. The number of nitrogens with one attached hydrogen (secondary N) is 1. The molecule has 0 aliphatic carbocycles. The first-order chi connectivity index (χ1) is 11.3. The van der Waals surface area contributed by atoms with Crippen LogP contribution in [-0.4, -0.2) is 47.5 Å². The van der Waals surface area contributed by atoms with Crippen LogP contribution < -0.4 is 10.2 Å². The van der Waals surface area contributed by atoms with Gasteiger partial charge in [0, 0.05) is 12.3 Å². The molecular formula is C13H13N5O5S. The molecule has 0 aliphatic rings. The van der Waals surface area contributed by atoms with Gasteiger partial charge < -0.3 is 14.7 Å². The van der Waals surface area contributed by atoms with Crippen LogP contribution in [0.2, 0.25) is 0 Å². The number of rotatable bonds is 5. The average Bonchev–Trinajstić information content (AvgIpc) is 3.10. The van der Waals surface area contributed by atoms with E-state index in [0.717, 1.165) is 11.1 Å². The third-order valence-electron chi connectivity index (χ3n) is 3.03. The minimum absolute atomic E-state index is 0.102.